The minimum atomic E-state index is 0.479. The molecule has 0 amide bonds. The Morgan fingerprint density at radius 1 is 1.30 bits per heavy atom. The molecule has 0 radical (unpaired) electrons. The molecule has 0 aliphatic rings. The fourth-order valence-corrected chi connectivity index (χ4v) is 1.93. The van der Waals surface area contributed by atoms with Gasteiger partial charge in [0.05, 0.1) is 23.3 Å². The zero-order valence-corrected chi connectivity index (χ0v) is 12.5. The van der Waals surface area contributed by atoms with Crippen molar-refractivity contribution in [3.05, 3.63) is 47.3 Å². The number of aromatic nitrogens is 2. The topological polar surface area (TPSA) is 54.2 Å². The monoisotopic (exact) mass is 287 g/mol. The molecule has 6 heteroatoms. The standard InChI is InChI=1S/C14H17N5S/c1-10-13(9-16-17-14(20)15-3)11(2)19(18-10)12-7-5-4-6-8-12/h4-9H,1-3H3,(H2,15,17,20)/b16-9-. The smallest absolute Gasteiger partial charge is 0.186 e. The molecule has 0 unspecified atom stereocenters. The number of aryl methyl sites for hydroxylation is 1. The second-order valence-corrected chi connectivity index (χ2v) is 4.69. The number of rotatable bonds is 3. The fourth-order valence-electron chi connectivity index (χ4n) is 1.87. The Bertz CT molecular complexity index is 631. The number of hydrogen-bond acceptors (Lipinski definition) is 3. The van der Waals surface area contributed by atoms with Crippen LogP contribution in [-0.4, -0.2) is 28.2 Å². The molecule has 1 heterocycles. The zero-order chi connectivity index (χ0) is 14.5. The number of nitrogens with one attached hydrogen (secondary N) is 2. The highest BCUT2D eigenvalue weighted by molar-refractivity contribution is 7.80. The maximum atomic E-state index is 4.96. The molecule has 0 aliphatic heterocycles. The van der Waals surface area contributed by atoms with Gasteiger partial charge in [0.15, 0.2) is 5.11 Å². The number of hydrogen-bond donors (Lipinski definition) is 2. The van der Waals surface area contributed by atoms with Crippen LogP contribution in [-0.2, 0) is 0 Å². The summed E-state index contributed by atoms with van der Waals surface area (Å²) < 4.78 is 1.91. The summed E-state index contributed by atoms with van der Waals surface area (Å²) in [5.41, 5.74) is 6.72. The minimum absolute atomic E-state index is 0.479. The van der Waals surface area contributed by atoms with Crippen LogP contribution in [0.3, 0.4) is 0 Å². The molecule has 2 N–H and O–H groups in total. The van der Waals surface area contributed by atoms with E-state index in [4.69, 9.17) is 12.2 Å². The van der Waals surface area contributed by atoms with Crippen LogP contribution < -0.4 is 10.7 Å². The van der Waals surface area contributed by atoms with E-state index in [1.165, 1.54) is 0 Å². The molecular formula is C14H17N5S. The SMILES string of the molecule is CNC(=S)N/N=C\c1c(C)nn(-c2ccccc2)c1C. The van der Waals surface area contributed by atoms with Gasteiger partial charge in [-0.1, -0.05) is 18.2 Å². The van der Waals surface area contributed by atoms with Crippen LogP contribution in [0.15, 0.2) is 35.4 Å². The summed E-state index contributed by atoms with van der Waals surface area (Å²) in [4.78, 5) is 0. The summed E-state index contributed by atoms with van der Waals surface area (Å²) in [5, 5.41) is 11.9. The van der Waals surface area contributed by atoms with Gasteiger partial charge in [-0.2, -0.15) is 10.2 Å². The van der Waals surface area contributed by atoms with Gasteiger partial charge in [0, 0.05) is 12.6 Å². The lowest BCUT2D eigenvalue weighted by Crippen LogP contribution is -2.28. The van der Waals surface area contributed by atoms with E-state index in [-0.39, 0.29) is 0 Å². The second kappa shape index (κ2) is 6.29. The first-order chi connectivity index (χ1) is 9.63. The third-order valence-electron chi connectivity index (χ3n) is 2.93. The number of benzene rings is 1. The lowest BCUT2D eigenvalue weighted by atomic mass is 10.2. The van der Waals surface area contributed by atoms with Crippen LogP contribution in [0, 0.1) is 13.8 Å². The van der Waals surface area contributed by atoms with Crippen LogP contribution in [0.4, 0.5) is 0 Å². The summed E-state index contributed by atoms with van der Waals surface area (Å²) in [6, 6.07) is 10.0. The fraction of sp³-hybridized carbons (Fsp3) is 0.214. The number of para-hydroxylation sites is 1. The van der Waals surface area contributed by atoms with Gasteiger partial charge in [0.1, 0.15) is 0 Å². The van der Waals surface area contributed by atoms with Crippen LogP contribution in [0.2, 0.25) is 0 Å². The van der Waals surface area contributed by atoms with Crippen molar-refractivity contribution in [1.29, 1.82) is 0 Å². The molecule has 20 heavy (non-hydrogen) atoms. The predicted octanol–water partition coefficient (Wildman–Crippen LogP) is 1.92. The maximum Gasteiger partial charge on any atom is 0.186 e. The molecular weight excluding hydrogens is 270 g/mol. The molecule has 0 spiro atoms. The van der Waals surface area contributed by atoms with Crippen LogP contribution in [0.1, 0.15) is 17.0 Å². The maximum absolute atomic E-state index is 4.96. The van der Waals surface area contributed by atoms with Gasteiger partial charge < -0.3 is 5.32 Å². The Kier molecular flexibility index (Phi) is 4.47. The Labute approximate surface area is 123 Å². The highest BCUT2D eigenvalue weighted by atomic mass is 32.1. The van der Waals surface area contributed by atoms with Crippen LogP contribution >= 0.6 is 12.2 Å². The van der Waals surface area contributed by atoms with Gasteiger partial charge in [0.2, 0.25) is 0 Å². The Hall–Kier alpha value is -2.21. The van der Waals surface area contributed by atoms with E-state index in [2.05, 4.69) is 20.9 Å². The molecule has 2 rings (SSSR count). The van der Waals surface area contributed by atoms with E-state index in [9.17, 15) is 0 Å². The molecule has 0 bridgehead atoms. The average Bonchev–Trinajstić information content (AvgIpc) is 2.75. The van der Waals surface area contributed by atoms with E-state index >= 15 is 0 Å². The summed E-state index contributed by atoms with van der Waals surface area (Å²) >= 11 is 4.96. The van der Waals surface area contributed by atoms with E-state index in [0.29, 0.717) is 5.11 Å². The Morgan fingerprint density at radius 3 is 2.65 bits per heavy atom. The van der Waals surface area contributed by atoms with Crippen molar-refractivity contribution in [1.82, 2.24) is 20.5 Å². The largest absolute Gasteiger partial charge is 0.364 e. The van der Waals surface area contributed by atoms with Crippen molar-refractivity contribution in [3.63, 3.8) is 0 Å². The second-order valence-electron chi connectivity index (χ2n) is 4.28. The molecule has 0 aliphatic carbocycles. The van der Waals surface area contributed by atoms with E-state index in [1.807, 2.05) is 48.9 Å². The van der Waals surface area contributed by atoms with Gasteiger partial charge >= 0.3 is 0 Å². The van der Waals surface area contributed by atoms with Gasteiger partial charge in [-0.05, 0) is 38.2 Å². The average molecular weight is 287 g/mol. The van der Waals surface area contributed by atoms with Crippen molar-refractivity contribution in [2.75, 3.05) is 7.05 Å². The summed E-state index contributed by atoms with van der Waals surface area (Å²) in [6.07, 6.45) is 1.74. The highest BCUT2D eigenvalue weighted by Gasteiger charge is 2.10. The number of nitrogens with zero attached hydrogens (tertiary/aromatic N) is 3. The lowest BCUT2D eigenvalue weighted by Gasteiger charge is -2.03. The van der Waals surface area contributed by atoms with Crippen LogP contribution in [0.25, 0.3) is 5.69 Å². The first-order valence-corrected chi connectivity index (χ1v) is 6.66. The van der Waals surface area contributed by atoms with Crippen LogP contribution in [0.5, 0.6) is 0 Å². The molecule has 0 saturated carbocycles. The summed E-state index contributed by atoms with van der Waals surface area (Å²) in [6.45, 7) is 3.98. The minimum Gasteiger partial charge on any atom is -0.364 e. The molecule has 5 nitrogen and oxygen atoms in total. The molecule has 0 saturated heterocycles. The Morgan fingerprint density at radius 2 is 2.00 bits per heavy atom. The Balaban J connectivity index is 2.28. The first kappa shape index (κ1) is 14.2. The quantitative estimate of drug-likeness (QED) is 0.514. The van der Waals surface area contributed by atoms with Gasteiger partial charge in [-0.3, -0.25) is 5.43 Å². The first-order valence-electron chi connectivity index (χ1n) is 6.26. The van der Waals surface area contributed by atoms with Gasteiger partial charge in [0.25, 0.3) is 0 Å². The third-order valence-corrected chi connectivity index (χ3v) is 3.23. The molecule has 1 aromatic heterocycles. The third kappa shape index (κ3) is 3.03. The van der Waals surface area contributed by atoms with Crippen molar-refractivity contribution < 1.29 is 0 Å². The lowest BCUT2D eigenvalue weighted by molar-refractivity contribution is 0.833. The summed E-state index contributed by atoms with van der Waals surface area (Å²) in [7, 11) is 1.74. The summed E-state index contributed by atoms with van der Waals surface area (Å²) in [5.74, 6) is 0. The molecule has 104 valence electrons. The van der Waals surface area contributed by atoms with Crippen molar-refractivity contribution >= 4 is 23.5 Å². The molecule has 0 fully saturated rings. The number of thiocarbonyl (C=S) groups is 1. The number of hydrazone groups is 1. The normalized spacial score (nSPS) is 10.8. The van der Waals surface area contributed by atoms with E-state index < -0.39 is 0 Å². The van der Waals surface area contributed by atoms with E-state index in [0.717, 1.165) is 22.6 Å². The van der Waals surface area contributed by atoms with Crippen molar-refractivity contribution in [3.8, 4) is 5.69 Å². The van der Waals surface area contributed by atoms with Gasteiger partial charge in [-0.15, -0.1) is 0 Å². The molecule has 2 aromatic rings. The van der Waals surface area contributed by atoms with Gasteiger partial charge in [-0.25, -0.2) is 4.68 Å². The molecule has 0 atom stereocenters. The van der Waals surface area contributed by atoms with Crippen molar-refractivity contribution in [2.24, 2.45) is 5.10 Å². The van der Waals surface area contributed by atoms with E-state index in [1.54, 1.807) is 13.3 Å². The zero-order valence-electron chi connectivity index (χ0n) is 11.7. The molecule has 1 aromatic carbocycles. The predicted molar refractivity (Wildman–Crippen MR) is 85.4 cm³/mol. The highest BCUT2D eigenvalue weighted by Crippen LogP contribution is 2.15. The van der Waals surface area contributed by atoms with Crippen molar-refractivity contribution in [2.45, 2.75) is 13.8 Å².